The highest BCUT2D eigenvalue weighted by Gasteiger charge is 2.55. The topological polar surface area (TPSA) is 26.3 Å². The number of aryl methyl sites for hydroxylation is 2. The maximum absolute atomic E-state index is 12.4. The number of cyclic esters (lactones) is 1. The van der Waals surface area contributed by atoms with Gasteiger partial charge in [0.25, 0.3) is 0 Å². The predicted octanol–water partition coefficient (Wildman–Crippen LogP) is 3.62. The fourth-order valence-electron chi connectivity index (χ4n) is 4.52. The van der Waals surface area contributed by atoms with E-state index in [2.05, 4.69) is 24.8 Å². The molecule has 1 aromatic rings. The van der Waals surface area contributed by atoms with Crippen LogP contribution < -0.4 is 0 Å². The zero-order chi connectivity index (χ0) is 14.4. The van der Waals surface area contributed by atoms with Crippen molar-refractivity contribution in [3.8, 4) is 0 Å². The first-order valence-electron chi connectivity index (χ1n) is 8.12. The normalized spacial score (nSPS) is 31.0. The Labute approximate surface area is 126 Å². The predicted molar refractivity (Wildman–Crippen MR) is 82.0 cm³/mol. The van der Waals surface area contributed by atoms with Gasteiger partial charge in [0, 0.05) is 5.92 Å². The molecular formula is C19H22O2. The average molecular weight is 282 g/mol. The fraction of sp³-hybridized carbons (Fsp3) is 0.526. The minimum absolute atomic E-state index is 0.00358. The second-order valence-electron chi connectivity index (χ2n) is 7.07. The van der Waals surface area contributed by atoms with Crippen LogP contribution in [0.4, 0.5) is 0 Å². The molecule has 2 atom stereocenters. The maximum atomic E-state index is 12.4. The van der Waals surface area contributed by atoms with Crippen molar-refractivity contribution < 1.29 is 9.53 Å². The first-order chi connectivity index (χ1) is 10.2. The molecule has 1 saturated carbocycles. The van der Waals surface area contributed by atoms with Gasteiger partial charge in [0.05, 0.1) is 12.0 Å². The van der Waals surface area contributed by atoms with Crippen molar-refractivity contribution in [1.29, 1.82) is 0 Å². The lowest BCUT2D eigenvalue weighted by Crippen LogP contribution is -2.31. The summed E-state index contributed by atoms with van der Waals surface area (Å²) in [6.07, 6.45) is 7.60. The van der Waals surface area contributed by atoms with Gasteiger partial charge >= 0.3 is 5.97 Å². The molecule has 0 spiro atoms. The van der Waals surface area contributed by atoms with Crippen LogP contribution in [0.15, 0.2) is 30.4 Å². The van der Waals surface area contributed by atoms with E-state index in [1.165, 1.54) is 47.9 Å². The molecule has 4 rings (SSSR count). The quantitative estimate of drug-likeness (QED) is 0.612. The Balaban J connectivity index is 1.65. The average Bonchev–Trinajstić information content (AvgIpc) is 2.94. The Hall–Kier alpha value is -1.57. The molecule has 2 fully saturated rings. The van der Waals surface area contributed by atoms with Crippen molar-refractivity contribution in [2.24, 2.45) is 11.3 Å². The third kappa shape index (κ3) is 2.04. The van der Waals surface area contributed by atoms with Crippen molar-refractivity contribution in [2.45, 2.75) is 44.9 Å². The van der Waals surface area contributed by atoms with Crippen molar-refractivity contribution in [2.75, 3.05) is 6.61 Å². The molecule has 1 heterocycles. The Morgan fingerprint density at radius 2 is 2.05 bits per heavy atom. The standard InChI is InChI=1S/C19H22O2/c1-13-8-17-12-21-18(20)19(17,10-13)11-14-6-7-15-4-2-3-5-16(15)9-14/h6-7,9,17H,1-5,8,10-12H2. The molecule has 1 saturated heterocycles. The number of rotatable bonds is 2. The van der Waals surface area contributed by atoms with E-state index in [0.29, 0.717) is 12.5 Å². The molecule has 0 radical (unpaired) electrons. The molecule has 1 aliphatic heterocycles. The van der Waals surface area contributed by atoms with Gasteiger partial charge in [-0.3, -0.25) is 4.79 Å². The summed E-state index contributed by atoms with van der Waals surface area (Å²) in [6.45, 7) is 4.71. The Bertz CT molecular complexity index is 616. The maximum Gasteiger partial charge on any atom is 0.313 e. The zero-order valence-electron chi connectivity index (χ0n) is 12.5. The van der Waals surface area contributed by atoms with Gasteiger partial charge < -0.3 is 4.74 Å². The van der Waals surface area contributed by atoms with E-state index < -0.39 is 0 Å². The number of carbonyl (C=O) groups excluding carboxylic acids is 1. The van der Waals surface area contributed by atoms with Gasteiger partial charge in [-0.05, 0) is 61.6 Å². The third-order valence-electron chi connectivity index (χ3n) is 5.64. The Morgan fingerprint density at radius 3 is 2.90 bits per heavy atom. The van der Waals surface area contributed by atoms with E-state index >= 15 is 0 Å². The number of hydrogen-bond donors (Lipinski definition) is 0. The van der Waals surface area contributed by atoms with Crippen molar-refractivity contribution >= 4 is 5.97 Å². The summed E-state index contributed by atoms with van der Waals surface area (Å²) in [4.78, 5) is 12.4. The van der Waals surface area contributed by atoms with Crippen molar-refractivity contribution in [1.82, 2.24) is 0 Å². The van der Waals surface area contributed by atoms with Crippen LogP contribution in [-0.2, 0) is 28.8 Å². The van der Waals surface area contributed by atoms with E-state index in [0.717, 1.165) is 19.3 Å². The first kappa shape index (κ1) is 13.1. The van der Waals surface area contributed by atoms with Gasteiger partial charge in [-0.25, -0.2) is 0 Å². The zero-order valence-corrected chi connectivity index (χ0v) is 12.5. The number of carbonyl (C=O) groups is 1. The van der Waals surface area contributed by atoms with Crippen molar-refractivity contribution in [3.05, 3.63) is 47.0 Å². The second kappa shape index (κ2) is 4.72. The summed E-state index contributed by atoms with van der Waals surface area (Å²) >= 11 is 0. The minimum Gasteiger partial charge on any atom is -0.465 e. The molecule has 2 nitrogen and oxygen atoms in total. The lowest BCUT2D eigenvalue weighted by Gasteiger charge is -2.25. The van der Waals surface area contributed by atoms with Gasteiger partial charge in [0.1, 0.15) is 0 Å². The summed E-state index contributed by atoms with van der Waals surface area (Å²) < 4.78 is 5.38. The second-order valence-corrected chi connectivity index (χ2v) is 7.07. The van der Waals surface area contributed by atoms with Crippen LogP contribution in [0.3, 0.4) is 0 Å². The number of ether oxygens (including phenoxy) is 1. The van der Waals surface area contributed by atoms with Gasteiger partial charge in [-0.2, -0.15) is 0 Å². The van der Waals surface area contributed by atoms with E-state index in [4.69, 9.17) is 4.74 Å². The molecule has 1 aromatic carbocycles. The number of esters is 1. The lowest BCUT2D eigenvalue weighted by molar-refractivity contribution is -0.146. The first-order valence-corrected chi connectivity index (χ1v) is 8.12. The number of allylic oxidation sites excluding steroid dienone is 1. The van der Waals surface area contributed by atoms with Crippen LogP contribution in [0, 0.1) is 11.3 Å². The van der Waals surface area contributed by atoms with Gasteiger partial charge in [-0.15, -0.1) is 0 Å². The van der Waals surface area contributed by atoms with E-state index in [9.17, 15) is 4.79 Å². The molecule has 2 unspecified atom stereocenters. The molecule has 0 N–H and O–H groups in total. The van der Waals surface area contributed by atoms with Gasteiger partial charge in [0.2, 0.25) is 0 Å². The molecule has 3 aliphatic rings. The molecule has 0 aromatic heterocycles. The minimum atomic E-state index is -0.319. The van der Waals surface area contributed by atoms with Crippen molar-refractivity contribution in [3.63, 3.8) is 0 Å². The SMILES string of the molecule is C=C1CC2COC(=O)C2(Cc2ccc3c(c2)CCCC3)C1. The molecule has 21 heavy (non-hydrogen) atoms. The summed E-state index contributed by atoms with van der Waals surface area (Å²) in [5.74, 6) is 0.345. The molecule has 0 amide bonds. The molecule has 0 bridgehead atoms. The Kier molecular flexibility index (Phi) is 2.95. The summed E-state index contributed by atoms with van der Waals surface area (Å²) in [5.41, 5.74) is 5.20. The number of benzene rings is 1. The van der Waals surface area contributed by atoms with Gasteiger partial charge in [0.15, 0.2) is 0 Å². The highest BCUT2D eigenvalue weighted by atomic mass is 16.5. The fourth-order valence-corrected chi connectivity index (χ4v) is 4.52. The van der Waals surface area contributed by atoms with Crippen LogP contribution in [0.2, 0.25) is 0 Å². The number of hydrogen-bond acceptors (Lipinski definition) is 2. The van der Waals surface area contributed by atoms with Crippen LogP contribution in [0.25, 0.3) is 0 Å². The molecular weight excluding hydrogens is 260 g/mol. The highest BCUT2D eigenvalue weighted by molar-refractivity contribution is 5.81. The van der Waals surface area contributed by atoms with E-state index in [-0.39, 0.29) is 11.4 Å². The largest absolute Gasteiger partial charge is 0.465 e. The summed E-state index contributed by atoms with van der Waals surface area (Å²) in [5, 5.41) is 0. The smallest absolute Gasteiger partial charge is 0.313 e. The van der Waals surface area contributed by atoms with E-state index in [1.807, 2.05) is 0 Å². The van der Waals surface area contributed by atoms with Gasteiger partial charge in [-0.1, -0.05) is 30.4 Å². The lowest BCUT2D eigenvalue weighted by atomic mass is 9.74. The monoisotopic (exact) mass is 282 g/mol. The summed E-state index contributed by atoms with van der Waals surface area (Å²) in [7, 11) is 0. The van der Waals surface area contributed by atoms with Crippen LogP contribution in [0.5, 0.6) is 0 Å². The summed E-state index contributed by atoms with van der Waals surface area (Å²) in [6, 6.07) is 6.84. The van der Waals surface area contributed by atoms with Crippen LogP contribution >= 0.6 is 0 Å². The Morgan fingerprint density at radius 1 is 1.24 bits per heavy atom. The molecule has 2 heteroatoms. The highest BCUT2D eigenvalue weighted by Crippen LogP contribution is 2.52. The van der Waals surface area contributed by atoms with Crippen LogP contribution in [0.1, 0.15) is 42.4 Å². The molecule has 2 aliphatic carbocycles. The molecule has 110 valence electrons. The van der Waals surface area contributed by atoms with Crippen LogP contribution in [-0.4, -0.2) is 12.6 Å². The third-order valence-corrected chi connectivity index (χ3v) is 5.64. The van der Waals surface area contributed by atoms with E-state index in [1.54, 1.807) is 0 Å². The number of fused-ring (bicyclic) bond motifs is 2.